The molecule has 0 atom stereocenters. The third-order valence-electron chi connectivity index (χ3n) is 6.42. The van der Waals surface area contributed by atoms with Crippen molar-refractivity contribution >= 4 is 15.7 Å². The summed E-state index contributed by atoms with van der Waals surface area (Å²) in [7, 11) is -3.59. The number of nitrogens with one attached hydrogen (secondary N) is 1. The fraction of sp³-hybridized carbons (Fsp3) is 0.458. The molecule has 30 heavy (non-hydrogen) atoms. The first kappa shape index (κ1) is 22.3. The average Bonchev–Trinajstić information content (AvgIpc) is 2.69. The van der Waals surface area contributed by atoms with Crippen LogP contribution in [-0.2, 0) is 16.6 Å². The second-order valence-corrected chi connectivity index (χ2v) is 10.9. The van der Waals surface area contributed by atoms with Crippen LogP contribution in [0.3, 0.4) is 0 Å². The summed E-state index contributed by atoms with van der Waals surface area (Å²) >= 11 is 0. The van der Waals surface area contributed by atoms with E-state index in [0.29, 0.717) is 12.2 Å². The van der Waals surface area contributed by atoms with Crippen LogP contribution in [0.5, 0.6) is 0 Å². The molecule has 1 aliphatic heterocycles. The van der Waals surface area contributed by atoms with Gasteiger partial charge < -0.3 is 4.85 Å². The zero-order valence-electron chi connectivity index (χ0n) is 18.1. The van der Waals surface area contributed by atoms with Crippen molar-refractivity contribution in [3.63, 3.8) is 0 Å². The van der Waals surface area contributed by atoms with Crippen LogP contribution in [0, 0.1) is 17.4 Å². The van der Waals surface area contributed by atoms with Gasteiger partial charge in [0, 0.05) is 17.6 Å². The molecule has 0 bridgehead atoms. The summed E-state index contributed by atoms with van der Waals surface area (Å²) in [6.07, 6.45) is 2.03. The van der Waals surface area contributed by atoms with Gasteiger partial charge in [-0.25, -0.2) is 15.0 Å². The summed E-state index contributed by atoms with van der Waals surface area (Å²) < 4.78 is 27.9. The number of rotatable bonds is 6. The van der Waals surface area contributed by atoms with Crippen LogP contribution in [0.4, 0.5) is 5.69 Å². The Bertz CT molecular complexity index is 997. The minimum Gasteiger partial charge on any atom is -0.316 e. The van der Waals surface area contributed by atoms with Crippen LogP contribution >= 0.6 is 0 Å². The van der Waals surface area contributed by atoms with E-state index in [0.717, 1.165) is 38.0 Å². The van der Waals surface area contributed by atoms with Crippen molar-refractivity contribution in [1.82, 2.24) is 4.90 Å². The molecule has 1 N–H and O–H groups in total. The predicted molar refractivity (Wildman–Crippen MR) is 122 cm³/mol. The first-order chi connectivity index (χ1) is 14.2. The average molecular weight is 426 g/mol. The van der Waals surface area contributed by atoms with E-state index in [9.17, 15) is 8.42 Å². The second-order valence-electron chi connectivity index (χ2n) is 9.24. The van der Waals surface area contributed by atoms with Crippen LogP contribution in [0.25, 0.3) is 4.85 Å². The molecule has 0 aromatic heterocycles. The van der Waals surface area contributed by atoms with Gasteiger partial charge in [-0.05, 0) is 61.2 Å². The van der Waals surface area contributed by atoms with Gasteiger partial charge in [0.15, 0.2) is 0 Å². The number of hydrogen-bond donors (Lipinski definition) is 1. The Morgan fingerprint density at radius 2 is 1.73 bits per heavy atom. The van der Waals surface area contributed by atoms with Gasteiger partial charge in [0.2, 0.25) is 6.54 Å². The normalized spacial score (nSPS) is 17.3. The monoisotopic (exact) mass is 425 g/mol. The Kier molecular flexibility index (Phi) is 6.54. The number of hydrogen-bond acceptors (Lipinski definition) is 3. The van der Waals surface area contributed by atoms with E-state index >= 15 is 0 Å². The van der Waals surface area contributed by atoms with Crippen molar-refractivity contribution in [2.75, 3.05) is 24.4 Å². The third kappa shape index (κ3) is 5.03. The molecule has 2 aromatic rings. The summed E-state index contributed by atoms with van der Waals surface area (Å²) in [6.45, 7) is 17.4. The lowest BCUT2D eigenvalue weighted by Gasteiger charge is -2.46. The number of benzene rings is 2. The molecule has 1 fully saturated rings. The Morgan fingerprint density at radius 3 is 2.33 bits per heavy atom. The Balaban J connectivity index is 1.66. The van der Waals surface area contributed by atoms with Gasteiger partial charge in [0.05, 0.1) is 4.90 Å². The number of nitrogens with zero attached hydrogens (tertiary/aromatic N) is 2. The molecule has 160 valence electrons. The second kappa shape index (κ2) is 8.79. The first-order valence-corrected chi connectivity index (χ1v) is 11.9. The van der Waals surface area contributed by atoms with Crippen LogP contribution in [0.15, 0.2) is 59.5 Å². The zero-order chi connectivity index (χ0) is 21.8. The molecule has 1 aliphatic rings. The predicted octanol–water partition coefficient (Wildman–Crippen LogP) is 5.03. The highest BCUT2D eigenvalue weighted by atomic mass is 32.2. The highest BCUT2D eigenvalue weighted by molar-refractivity contribution is 7.92. The van der Waals surface area contributed by atoms with Crippen molar-refractivity contribution in [3.05, 3.63) is 71.6 Å². The maximum Gasteiger partial charge on any atom is 0.261 e. The summed E-state index contributed by atoms with van der Waals surface area (Å²) in [6, 6.07) is 16.0. The Hall–Kier alpha value is -2.36. The fourth-order valence-electron chi connectivity index (χ4n) is 4.24. The molecule has 5 nitrogen and oxygen atoms in total. The van der Waals surface area contributed by atoms with Gasteiger partial charge in [-0.15, -0.1) is 0 Å². The van der Waals surface area contributed by atoms with Gasteiger partial charge in [-0.3, -0.25) is 9.62 Å². The van der Waals surface area contributed by atoms with E-state index in [4.69, 9.17) is 6.57 Å². The van der Waals surface area contributed by atoms with Crippen LogP contribution in [-0.4, -0.2) is 33.0 Å². The molecule has 0 spiro atoms. The van der Waals surface area contributed by atoms with Gasteiger partial charge >= 0.3 is 0 Å². The van der Waals surface area contributed by atoms with E-state index in [1.807, 2.05) is 18.2 Å². The van der Waals surface area contributed by atoms with Crippen LogP contribution in [0.1, 0.15) is 39.2 Å². The SMILES string of the molecule is [C-]#[N+]CC1(C(C)(C)C)CCN(Cc2cccc(NS(=O)(=O)c3ccccc3)c2)CC1. The Morgan fingerprint density at radius 1 is 1.07 bits per heavy atom. The van der Waals surface area contributed by atoms with Gasteiger partial charge in [-0.2, -0.15) is 0 Å². The smallest absolute Gasteiger partial charge is 0.261 e. The van der Waals surface area contributed by atoms with Gasteiger partial charge in [0.25, 0.3) is 10.0 Å². The number of sulfonamides is 1. The van der Waals surface area contributed by atoms with Crippen molar-refractivity contribution in [1.29, 1.82) is 0 Å². The minimum atomic E-state index is -3.59. The molecule has 1 saturated heterocycles. The molecule has 6 heteroatoms. The molecule has 0 aliphatic carbocycles. The van der Waals surface area contributed by atoms with Crippen molar-refractivity contribution in [2.24, 2.45) is 10.8 Å². The lowest BCUT2D eigenvalue weighted by molar-refractivity contribution is 0.0173. The van der Waals surface area contributed by atoms with E-state index < -0.39 is 10.0 Å². The van der Waals surface area contributed by atoms with Gasteiger partial charge in [-0.1, -0.05) is 51.1 Å². The quantitative estimate of drug-likeness (QED) is 0.660. The summed E-state index contributed by atoms with van der Waals surface area (Å²) in [5.74, 6) is 0. The maximum absolute atomic E-state index is 12.6. The number of likely N-dealkylation sites (tertiary alicyclic amines) is 1. The fourth-order valence-corrected chi connectivity index (χ4v) is 5.31. The van der Waals surface area contributed by atoms with E-state index in [1.54, 1.807) is 36.4 Å². The van der Waals surface area contributed by atoms with Crippen molar-refractivity contribution < 1.29 is 8.42 Å². The summed E-state index contributed by atoms with van der Waals surface area (Å²) in [5.41, 5.74) is 1.83. The summed E-state index contributed by atoms with van der Waals surface area (Å²) in [4.78, 5) is 6.40. The molecule has 0 radical (unpaired) electrons. The minimum absolute atomic E-state index is 0.0679. The molecule has 3 rings (SSSR count). The van der Waals surface area contributed by atoms with Crippen LogP contribution in [0.2, 0.25) is 0 Å². The maximum atomic E-state index is 12.6. The van der Waals surface area contributed by atoms with Crippen LogP contribution < -0.4 is 4.72 Å². The van der Waals surface area contributed by atoms with Crippen molar-refractivity contribution in [2.45, 2.75) is 45.1 Å². The van der Waals surface area contributed by atoms with Crippen molar-refractivity contribution in [3.8, 4) is 0 Å². The molecule has 0 unspecified atom stereocenters. The lowest BCUT2D eigenvalue weighted by Crippen LogP contribution is -2.47. The molecule has 1 heterocycles. The standard InChI is InChI=1S/C24H31N3O2S/c1-23(2,3)24(19-25-4)13-15-27(16-14-24)18-20-9-8-10-21(17-20)26-30(28,29)22-11-6-5-7-12-22/h5-12,17,26H,13-16,18-19H2,1-3H3. The zero-order valence-corrected chi connectivity index (χ0v) is 18.9. The summed E-state index contributed by atoms with van der Waals surface area (Å²) in [5, 5.41) is 0. The highest BCUT2D eigenvalue weighted by Gasteiger charge is 2.46. The highest BCUT2D eigenvalue weighted by Crippen LogP contribution is 2.47. The van der Waals surface area contributed by atoms with Gasteiger partial charge in [0.1, 0.15) is 0 Å². The number of piperidine rings is 1. The molecule has 0 amide bonds. The molecule has 0 saturated carbocycles. The van der Waals surface area contributed by atoms with E-state index in [-0.39, 0.29) is 15.7 Å². The van der Waals surface area contributed by atoms with E-state index in [1.165, 1.54) is 0 Å². The first-order valence-electron chi connectivity index (χ1n) is 10.4. The Labute approximate surface area is 181 Å². The van der Waals surface area contributed by atoms with E-state index in [2.05, 4.69) is 35.2 Å². The number of anilines is 1. The largest absolute Gasteiger partial charge is 0.316 e. The molecular formula is C24H31N3O2S. The lowest BCUT2D eigenvalue weighted by atomic mass is 9.61. The third-order valence-corrected chi connectivity index (χ3v) is 7.82. The topological polar surface area (TPSA) is 53.8 Å². The molecular weight excluding hydrogens is 394 g/mol. The molecule has 2 aromatic carbocycles.